The molecule has 0 saturated carbocycles. The third kappa shape index (κ3) is 5.33. The van der Waals surface area contributed by atoms with Gasteiger partial charge in [-0.1, -0.05) is 54.5 Å². The van der Waals surface area contributed by atoms with Crippen molar-refractivity contribution in [2.45, 2.75) is 47.6 Å². The van der Waals surface area contributed by atoms with Gasteiger partial charge in [0.05, 0.1) is 18.6 Å². The Bertz CT molecular complexity index is 712. The normalized spacial score (nSPS) is 12.5. The molecule has 144 valence electrons. The van der Waals surface area contributed by atoms with Crippen molar-refractivity contribution in [1.29, 1.82) is 0 Å². The van der Waals surface area contributed by atoms with E-state index < -0.39 is 17.4 Å². The van der Waals surface area contributed by atoms with Crippen LogP contribution < -0.4 is 4.90 Å². The Balaban J connectivity index is 3.27. The minimum atomic E-state index is -0.801. The van der Waals surface area contributed by atoms with Gasteiger partial charge in [-0.15, -0.1) is 0 Å². The molecule has 1 aromatic carbocycles. The number of halogens is 1. The zero-order chi connectivity index (χ0) is 20.2. The van der Waals surface area contributed by atoms with Crippen molar-refractivity contribution in [2.24, 2.45) is 5.41 Å². The number of ether oxygens (including phenoxy) is 1. The second-order valence-electron chi connectivity index (χ2n) is 7.13. The van der Waals surface area contributed by atoms with Gasteiger partial charge in [0.2, 0.25) is 5.91 Å². The number of anilines is 1. The summed E-state index contributed by atoms with van der Waals surface area (Å²) in [7, 11) is 1.29. The van der Waals surface area contributed by atoms with Gasteiger partial charge in [0.15, 0.2) is 5.12 Å². The molecule has 1 amide bonds. The van der Waals surface area contributed by atoms with Crippen LogP contribution in [0.15, 0.2) is 16.6 Å². The summed E-state index contributed by atoms with van der Waals surface area (Å²) in [5.41, 5.74) is 1.83. The number of carbonyl (C=O) groups is 3. The first kappa shape index (κ1) is 22.7. The topological polar surface area (TPSA) is 63.7 Å². The van der Waals surface area contributed by atoms with Crippen molar-refractivity contribution in [1.82, 2.24) is 0 Å². The van der Waals surface area contributed by atoms with Crippen LogP contribution in [-0.4, -0.2) is 35.9 Å². The van der Waals surface area contributed by atoms with E-state index in [2.05, 4.69) is 15.9 Å². The number of thioether (sulfide) groups is 1. The number of hydrogen-bond donors (Lipinski definition) is 0. The predicted octanol–water partition coefficient (Wildman–Crippen LogP) is 4.27. The van der Waals surface area contributed by atoms with Crippen LogP contribution in [0, 0.1) is 19.3 Å². The van der Waals surface area contributed by atoms with Crippen molar-refractivity contribution in [3.63, 3.8) is 0 Å². The van der Waals surface area contributed by atoms with Crippen LogP contribution in [-0.2, 0) is 19.1 Å². The lowest BCUT2D eigenvalue weighted by Gasteiger charge is -2.31. The number of esters is 1. The SMILES string of the molecule is COC(=O)[C@H](C)N(C(=O)CSC(=O)C(C)(C)C)c1c(C)ccc(Br)c1C. The van der Waals surface area contributed by atoms with Gasteiger partial charge in [0, 0.05) is 9.89 Å². The summed E-state index contributed by atoms with van der Waals surface area (Å²) in [5.74, 6) is -0.859. The van der Waals surface area contributed by atoms with Crippen LogP contribution in [0.25, 0.3) is 0 Å². The molecule has 0 fully saturated rings. The second kappa shape index (κ2) is 9.04. The Morgan fingerprint density at radius 1 is 1.23 bits per heavy atom. The fraction of sp³-hybridized carbons (Fsp3) is 0.526. The van der Waals surface area contributed by atoms with Crippen molar-refractivity contribution in [2.75, 3.05) is 17.8 Å². The van der Waals surface area contributed by atoms with Crippen LogP contribution in [0.5, 0.6) is 0 Å². The van der Waals surface area contributed by atoms with Gasteiger partial charge in [0.1, 0.15) is 6.04 Å². The van der Waals surface area contributed by atoms with Crippen LogP contribution >= 0.6 is 27.7 Å². The molecule has 0 bridgehead atoms. The van der Waals surface area contributed by atoms with Crippen LogP contribution in [0.4, 0.5) is 5.69 Å². The van der Waals surface area contributed by atoms with Crippen molar-refractivity contribution in [3.8, 4) is 0 Å². The molecule has 0 spiro atoms. The summed E-state index contributed by atoms with van der Waals surface area (Å²) in [6.07, 6.45) is 0. The summed E-state index contributed by atoms with van der Waals surface area (Å²) in [5, 5.41) is -0.0702. The van der Waals surface area contributed by atoms with Crippen molar-refractivity contribution < 1.29 is 19.1 Å². The number of rotatable bonds is 5. The summed E-state index contributed by atoms with van der Waals surface area (Å²) in [6.45, 7) is 10.8. The number of hydrogen-bond acceptors (Lipinski definition) is 5. The van der Waals surface area contributed by atoms with Gasteiger partial charge in [-0.2, -0.15) is 0 Å². The zero-order valence-electron chi connectivity index (χ0n) is 16.3. The maximum atomic E-state index is 13.0. The minimum Gasteiger partial charge on any atom is -0.467 e. The average molecular weight is 444 g/mol. The summed E-state index contributed by atoms with van der Waals surface area (Å²) >= 11 is 4.45. The summed E-state index contributed by atoms with van der Waals surface area (Å²) in [6, 6.07) is 2.98. The predicted molar refractivity (Wildman–Crippen MR) is 110 cm³/mol. The van der Waals surface area contributed by atoms with Crippen molar-refractivity contribution >= 4 is 50.4 Å². The lowest BCUT2D eigenvalue weighted by atomic mass is 10.00. The highest BCUT2D eigenvalue weighted by atomic mass is 79.9. The maximum absolute atomic E-state index is 13.0. The van der Waals surface area contributed by atoms with Gasteiger partial charge < -0.3 is 4.74 Å². The van der Waals surface area contributed by atoms with Gasteiger partial charge in [-0.3, -0.25) is 14.5 Å². The summed E-state index contributed by atoms with van der Waals surface area (Å²) in [4.78, 5) is 38.7. The molecule has 0 unspecified atom stereocenters. The lowest BCUT2D eigenvalue weighted by molar-refractivity contribution is -0.142. The molecule has 5 nitrogen and oxygen atoms in total. The molecule has 0 N–H and O–H groups in total. The number of aryl methyl sites for hydroxylation is 1. The highest BCUT2D eigenvalue weighted by Crippen LogP contribution is 2.33. The third-order valence-electron chi connectivity index (χ3n) is 3.94. The number of methoxy groups -OCH3 is 1. The average Bonchev–Trinajstić information content (AvgIpc) is 2.57. The molecule has 0 heterocycles. The molecule has 26 heavy (non-hydrogen) atoms. The molecule has 0 aromatic heterocycles. The number of amides is 1. The van der Waals surface area contributed by atoms with E-state index in [1.807, 2.05) is 46.8 Å². The van der Waals surface area contributed by atoms with Crippen LogP contribution in [0.3, 0.4) is 0 Å². The van der Waals surface area contributed by atoms with E-state index in [4.69, 9.17) is 4.74 Å². The molecule has 7 heteroatoms. The Morgan fingerprint density at radius 3 is 2.31 bits per heavy atom. The first-order valence-electron chi connectivity index (χ1n) is 8.24. The molecule has 0 aliphatic carbocycles. The molecule has 0 radical (unpaired) electrons. The van der Waals surface area contributed by atoms with Gasteiger partial charge in [-0.25, -0.2) is 4.79 Å². The first-order valence-corrected chi connectivity index (χ1v) is 10.0. The largest absolute Gasteiger partial charge is 0.467 e. The zero-order valence-corrected chi connectivity index (χ0v) is 18.7. The van der Waals surface area contributed by atoms with Gasteiger partial charge in [0.25, 0.3) is 0 Å². The Labute approximate surface area is 168 Å². The molecular formula is C19H26BrNO4S. The first-order chi connectivity index (χ1) is 11.9. The molecule has 0 aliphatic heterocycles. The molecular weight excluding hydrogens is 418 g/mol. The fourth-order valence-corrected chi connectivity index (χ4v) is 3.55. The third-order valence-corrected chi connectivity index (χ3v) is 6.07. The second-order valence-corrected chi connectivity index (χ2v) is 8.93. The molecule has 0 aliphatic rings. The van der Waals surface area contributed by atoms with E-state index in [9.17, 15) is 14.4 Å². The van der Waals surface area contributed by atoms with E-state index in [1.54, 1.807) is 6.92 Å². The maximum Gasteiger partial charge on any atom is 0.328 e. The smallest absolute Gasteiger partial charge is 0.328 e. The van der Waals surface area contributed by atoms with E-state index in [0.29, 0.717) is 5.69 Å². The molecule has 1 atom stereocenters. The fourth-order valence-electron chi connectivity index (χ4n) is 2.41. The monoisotopic (exact) mass is 443 g/mol. The Hall–Kier alpha value is -1.34. The highest BCUT2D eigenvalue weighted by molar-refractivity contribution is 9.10. The van der Waals surface area contributed by atoms with Crippen LogP contribution in [0.2, 0.25) is 0 Å². The van der Waals surface area contributed by atoms with Gasteiger partial charge in [-0.05, 0) is 38.0 Å². The molecule has 0 saturated heterocycles. The quantitative estimate of drug-likeness (QED) is 0.635. The molecule has 1 rings (SSSR count). The van der Waals surface area contributed by atoms with Crippen molar-refractivity contribution in [3.05, 3.63) is 27.7 Å². The standard InChI is InChI=1S/C19H26BrNO4S/c1-11-8-9-14(20)12(2)16(11)21(13(3)17(23)25-7)15(22)10-26-18(24)19(4,5)6/h8-9,13H,10H2,1-7H3/t13-/m0/s1. The summed E-state index contributed by atoms with van der Waals surface area (Å²) < 4.78 is 5.68. The lowest BCUT2D eigenvalue weighted by Crippen LogP contribution is -2.46. The van der Waals surface area contributed by atoms with E-state index >= 15 is 0 Å². The van der Waals surface area contributed by atoms with E-state index in [-0.39, 0.29) is 16.8 Å². The number of benzene rings is 1. The Kier molecular flexibility index (Phi) is 7.89. The molecule has 1 aromatic rings. The number of nitrogens with zero attached hydrogens (tertiary/aromatic N) is 1. The van der Waals surface area contributed by atoms with E-state index in [0.717, 1.165) is 27.4 Å². The minimum absolute atomic E-state index is 0.0389. The van der Waals surface area contributed by atoms with Gasteiger partial charge >= 0.3 is 5.97 Å². The van der Waals surface area contributed by atoms with Crippen LogP contribution in [0.1, 0.15) is 38.8 Å². The Morgan fingerprint density at radius 2 is 1.81 bits per heavy atom. The van der Waals surface area contributed by atoms with E-state index in [1.165, 1.54) is 12.0 Å². The number of carbonyl (C=O) groups excluding carboxylic acids is 3. The highest BCUT2D eigenvalue weighted by Gasteiger charge is 2.32.